The molecule has 0 bridgehead atoms. The lowest BCUT2D eigenvalue weighted by Gasteiger charge is -2.23. The topological polar surface area (TPSA) is 51.5 Å². The van der Waals surface area contributed by atoms with Crippen LogP contribution in [-0.2, 0) is 24.4 Å². The molecule has 0 atom stereocenters. The van der Waals surface area contributed by atoms with Crippen LogP contribution in [0.4, 0.5) is 0 Å². The minimum Gasteiger partial charge on any atom is -0.378 e. The third kappa shape index (κ3) is 4.38. The number of methoxy groups -OCH3 is 1. The number of nitrogens with zero attached hydrogens (tertiary/aromatic N) is 2. The zero-order valence-electron chi connectivity index (χ0n) is 18.5. The average Bonchev–Trinajstić information content (AvgIpc) is 3.29. The molecule has 2 heterocycles. The Morgan fingerprint density at radius 3 is 2.62 bits per heavy atom. The molecular weight excluding hydrogens is 420 g/mol. The van der Waals surface area contributed by atoms with Gasteiger partial charge in [-0.25, -0.2) is 0 Å². The molecule has 0 radical (unpaired) electrons. The number of thiophene rings is 1. The van der Waals surface area contributed by atoms with Crippen LogP contribution in [0.15, 0.2) is 70.8 Å². The maximum absolute atomic E-state index is 13.4. The summed E-state index contributed by atoms with van der Waals surface area (Å²) < 4.78 is 7.48. The number of amides is 1. The molecule has 0 aliphatic heterocycles. The standard InChI is InChI=1S/C26H26N2O3S/c1-18-14-24(29)25(26(30)27(2)16-21-11-7-13-32-21)23(17-31-3)28(18)15-20-10-6-9-19-8-4-5-12-22(19)20/h4-14H,15-17H2,1-3H3. The van der Waals surface area contributed by atoms with Crippen molar-refractivity contribution in [2.75, 3.05) is 14.2 Å². The number of hydrogen-bond acceptors (Lipinski definition) is 4. The predicted octanol–water partition coefficient (Wildman–Crippen LogP) is 4.84. The monoisotopic (exact) mass is 446 g/mol. The molecule has 4 aromatic rings. The summed E-state index contributed by atoms with van der Waals surface area (Å²) in [6, 6.07) is 19.9. The Balaban J connectivity index is 1.79. The lowest BCUT2D eigenvalue weighted by molar-refractivity contribution is 0.0777. The Bertz CT molecular complexity index is 1300. The summed E-state index contributed by atoms with van der Waals surface area (Å²) in [6.45, 7) is 3.07. The summed E-state index contributed by atoms with van der Waals surface area (Å²) in [5, 5.41) is 4.29. The van der Waals surface area contributed by atoms with Crippen molar-refractivity contribution in [2.45, 2.75) is 26.6 Å². The highest BCUT2D eigenvalue weighted by Gasteiger charge is 2.23. The van der Waals surface area contributed by atoms with Gasteiger partial charge in [0.2, 0.25) is 0 Å². The molecular formula is C26H26N2O3S. The van der Waals surface area contributed by atoms with Gasteiger partial charge in [0.05, 0.1) is 18.8 Å². The summed E-state index contributed by atoms with van der Waals surface area (Å²) in [5.74, 6) is -0.290. The van der Waals surface area contributed by atoms with Crippen LogP contribution in [0.3, 0.4) is 0 Å². The van der Waals surface area contributed by atoms with Gasteiger partial charge in [0, 0.05) is 37.3 Å². The lowest BCUT2D eigenvalue weighted by atomic mass is 10.0. The molecule has 0 fully saturated rings. The van der Waals surface area contributed by atoms with E-state index in [4.69, 9.17) is 4.74 Å². The second-order valence-electron chi connectivity index (χ2n) is 7.87. The minimum atomic E-state index is -0.290. The summed E-state index contributed by atoms with van der Waals surface area (Å²) in [7, 11) is 3.31. The van der Waals surface area contributed by atoms with Crippen molar-refractivity contribution in [1.29, 1.82) is 0 Å². The Labute approximate surface area is 191 Å². The molecule has 5 nitrogen and oxygen atoms in total. The van der Waals surface area contributed by atoms with Crippen LogP contribution in [0.1, 0.15) is 32.2 Å². The van der Waals surface area contributed by atoms with Gasteiger partial charge in [-0.1, -0.05) is 48.5 Å². The molecule has 0 unspecified atom stereocenters. The van der Waals surface area contributed by atoms with Gasteiger partial charge in [0.1, 0.15) is 5.56 Å². The molecule has 2 aromatic heterocycles. The molecule has 4 rings (SSSR count). The second kappa shape index (κ2) is 9.51. The number of rotatable bonds is 7. The molecule has 0 aliphatic rings. The quantitative estimate of drug-likeness (QED) is 0.408. The molecule has 0 aliphatic carbocycles. The van der Waals surface area contributed by atoms with Gasteiger partial charge >= 0.3 is 0 Å². The Kier molecular flexibility index (Phi) is 6.53. The Morgan fingerprint density at radius 2 is 1.88 bits per heavy atom. The maximum Gasteiger partial charge on any atom is 0.259 e. The molecule has 0 N–H and O–H groups in total. The lowest BCUT2D eigenvalue weighted by Crippen LogP contribution is -2.34. The molecule has 0 saturated heterocycles. The van der Waals surface area contributed by atoms with Gasteiger partial charge in [0.15, 0.2) is 5.43 Å². The predicted molar refractivity (Wildman–Crippen MR) is 129 cm³/mol. The molecule has 164 valence electrons. The van der Waals surface area contributed by atoms with E-state index in [9.17, 15) is 9.59 Å². The van der Waals surface area contributed by atoms with Crippen LogP contribution in [-0.4, -0.2) is 29.5 Å². The van der Waals surface area contributed by atoms with E-state index < -0.39 is 0 Å². The maximum atomic E-state index is 13.4. The first-order chi connectivity index (χ1) is 15.5. The summed E-state index contributed by atoms with van der Waals surface area (Å²) in [6.07, 6.45) is 0. The first-order valence-corrected chi connectivity index (χ1v) is 11.3. The molecule has 6 heteroatoms. The highest BCUT2D eigenvalue weighted by Crippen LogP contribution is 2.22. The van der Waals surface area contributed by atoms with Gasteiger partial charge in [-0.15, -0.1) is 11.3 Å². The molecule has 1 amide bonds. The van der Waals surface area contributed by atoms with Crippen molar-refractivity contribution in [3.63, 3.8) is 0 Å². The van der Waals surface area contributed by atoms with E-state index in [2.05, 4.69) is 24.3 Å². The summed E-state index contributed by atoms with van der Waals surface area (Å²) in [5.41, 5.74) is 2.43. The van der Waals surface area contributed by atoms with Crippen LogP contribution < -0.4 is 5.43 Å². The average molecular weight is 447 g/mol. The van der Waals surface area contributed by atoms with Crippen molar-refractivity contribution in [3.8, 4) is 0 Å². The molecule has 32 heavy (non-hydrogen) atoms. The third-order valence-electron chi connectivity index (χ3n) is 5.65. The van der Waals surface area contributed by atoms with E-state index in [-0.39, 0.29) is 23.5 Å². The number of ether oxygens (including phenoxy) is 1. The fraction of sp³-hybridized carbons (Fsp3) is 0.231. The normalized spacial score (nSPS) is 11.1. The van der Waals surface area contributed by atoms with Gasteiger partial charge in [-0.2, -0.15) is 0 Å². The second-order valence-corrected chi connectivity index (χ2v) is 8.90. The van der Waals surface area contributed by atoms with Crippen molar-refractivity contribution in [1.82, 2.24) is 9.47 Å². The largest absolute Gasteiger partial charge is 0.378 e. The first kappa shape index (κ1) is 22.0. The van der Waals surface area contributed by atoms with Gasteiger partial charge in [-0.05, 0) is 34.7 Å². The van der Waals surface area contributed by atoms with Crippen LogP contribution in [0.5, 0.6) is 0 Å². The molecule has 0 saturated carbocycles. The smallest absolute Gasteiger partial charge is 0.259 e. The van der Waals surface area contributed by atoms with Crippen LogP contribution in [0, 0.1) is 6.92 Å². The molecule has 2 aromatic carbocycles. The van der Waals surface area contributed by atoms with E-state index in [0.29, 0.717) is 18.8 Å². The van der Waals surface area contributed by atoms with E-state index in [0.717, 1.165) is 26.9 Å². The zero-order valence-corrected chi connectivity index (χ0v) is 19.3. The number of fused-ring (bicyclic) bond motifs is 1. The van der Waals surface area contributed by atoms with Crippen molar-refractivity contribution < 1.29 is 9.53 Å². The van der Waals surface area contributed by atoms with E-state index in [1.807, 2.05) is 47.2 Å². The first-order valence-electron chi connectivity index (χ1n) is 10.5. The number of pyridine rings is 1. The summed E-state index contributed by atoms with van der Waals surface area (Å²) in [4.78, 5) is 29.0. The van der Waals surface area contributed by atoms with Crippen LogP contribution >= 0.6 is 11.3 Å². The SMILES string of the molecule is COCc1c(C(=O)N(C)Cc2cccs2)c(=O)cc(C)n1Cc1cccc2ccccc12. The Hall–Kier alpha value is -3.22. The van der Waals surface area contributed by atoms with E-state index in [1.54, 1.807) is 36.5 Å². The van der Waals surface area contributed by atoms with Crippen LogP contribution in [0.25, 0.3) is 10.8 Å². The molecule has 0 spiro atoms. The minimum absolute atomic E-state index is 0.176. The van der Waals surface area contributed by atoms with Crippen molar-refractivity contribution in [2.24, 2.45) is 0 Å². The summed E-state index contributed by atoms with van der Waals surface area (Å²) >= 11 is 1.59. The van der Waals surface area contributed by atoms with Gasteiger partial charge in [-0.3, -0.25) is 9.59 Å². The zero-order chi connectivity index (χ0) is 22.7. The van der Waals surface area contributed by atoms with E-state index in [1.165, 1.54) is 0 Å². The van der Waals surface area contributed by atoms with Gasteiger partial charge < -0.3 is 14.2 Å². The fourth-order valence-corrected chi connectivity index (χ4v) is 4.82. The highest BCUT2D eigenvalue weighted by atomic mass is 32.1. The number of carbonyl (C=O) groups is 1. The number of carbonyl (C=O) groups excluding carboxylic acids is 1. The number of benzene rings is 2. The van der Waals surface area contributed by atoms with E-state index >= 15 is 0 Å². The number of aryl methyl sites for hydroxylation is 1. The third-order valence-corrected chi connectivity index (χ3v) is 6.51. The number of hydrogen-bond donors (Lipinski definition) is 0. The number of aromatic nitrogens is 1. The van der Waals surface area contributed by atoms with Crippen molar-refractivity contribution in [3.05, 3.63) is 104 Å². The fourth-order valence-electron chi connectivity index (χ4n) is 4.07. The van der Waals surface area contributed by atoms with Crippen molar-refractivity contribution >= 4 is 28.0 Å². The van der Waals surface area contributed by atoms with Crippen LogP contribution in [0.2, 0.25) is 0 Å². The van der Waals surface area contributed by atoms with Gasteiger partial charge in [0.25, 0.3) is 5.91 Å². The highest BCUT2D eigenvalue weighted by molar-refractivity contribution is 7.09. The Morgan fingerprint density at radius 1 is 1.09 bits per heavy atom.